The van der Waals surface area contributed by atoms with Crippen LogP contribution in [-0.2, 0) is 33.2 Å². The summed E-state index contributed by atoms with van der Waals surface area (Å²) in [4.78, 5) is 11.5. The number of ether oxygens (including phenoxy) is 6. The molecule has 130 valence electrons. The number of amides is 1. The van der Waals surface area contributed by atoms with E-state index in [0.29, 0.717) is 59.5 Å². The molecule has 9 heteroatoms. The Bertz CT molecular complexity index is 263. The summed E-state index contributed by atoms with van der Waals surface area (Å²) >= 11 is 0. The molecule has 0 aromatic rings. The molecule has 1 saturated heterocycles. The minimum absolute atomic E-state index is 0.103. The van der Waals surface area contributed by atoms with E-state index < -0.39 is 12.0 Å². The van der Waals surface area contributed by atoms with Crippen LogP contribution >= 0.6 is 0 Å². The van der Waals surface area contributed by atoms with Gasteiger partial charge in [0.15, 0.2) is 6.10 Å². The van der Waals surface area contributed by atoms with Crippen LogP contribution in [0, 0.1) is 0 Å². The van der Waals surface area contributed by atoms with Crippen molar-refractivity contribution >= 4 is 5.91 Å². The van der Waals surface area contributed by atoms with Gasteiger partial charge in [-0.1, -0.05) is 0 Å². The largest absolute Gasteiger partial charge is 0.377 e. The first-order chi connectivity index (χ1) is 10.8. The highest BCUT2D eigenvalue weighted by Gasteiger charge is 2.18. The van der Waals surface area contributed by atoms with Gasteiger partial charge in [0.2, 0.25) is 0 Å². The second-order valence-corrected chi connectivity index (χ2v) is 4.39. The van der Waals surface area contributed by atoms with Crippen molar-refractivity contribution in [1.82, 2.24) is 5.43 Å². The molecule has 0 spiro atoms. The van der Waals surface area contributed by atoms with Crippen LogP contribution in [0.3, 0.4) is 0 Å². The molecule has 1 heterocycles. The first-order valence-corrected chi connectivity index (χ1v) is 7.35. The summed E-state index contributed by atoms with van der Waals surface area (Å²) in [6.45, 7) is 4.46. The number of nitrogens with one attached hydrogen (secondary N) is 1. The molecule has 1 rings (SSSR count). The SMILES string of the molecule is NNC(=O)C1COCCOCCOCCOCCOCCO1. The van der Waals surface area contributed by atoms with Crippen LogP contribution in [-0.4, -0.2) is 84.7 Å². The first-order valence-electron chi connectivity index (χ1n) is 7.35. The number of carbonyl (C=O) groups excluding carboxylic acids is 1. The van der Waals surface area contributed by atoms with Crippen molar-refractivity contribution < 1.29 is 33.2 Å². The summed E-state index contributed by atoms with van der Waals surface area (Å²) in [5, 5.41) is 0. The summed E-state index contributed by atoms with van der Waals surface area (Å²) in [6.07, 6.45) is -0.771. The molecule has 3 N–H and O–H groups in total. The van der Waals surface area contributed by atoms with E-state index in [-0.39, 0.29) is 13.2 Å². The number of hydrazine groups is 1. The average molecular weight is 322 g/mol. The van der Waals surface area contributed by atoms with E-state index in [1.165, 1.54) is 0 Å². The van der Waals surface area contributed by atoms with Crippen LogP contribution in [0.25, 0.3) is 0 Å². The standard InChI is InChI=1S/C13H26N2O7/c14-15-13(16)12-11-21-8-7-19-4-3-17-1-2-18-5-6-20-9-10-22-12/h12H,1-11,14H2,(H,15,16). The molecular weight excluding hydrogens is 296 g/mol. The monoisotopic (exact) mass is 322 g/mol. The lowest BCUT2D eigenvalue weighted by molar-refractivity contribution is -0.139. The second kappa shape index (κ2) is 13.8. The lowest BCUT2D eigenvalue weighted by Crippen LogP contribution is -2.43. The maximum atomic E-state index is 11.5. The maximum absolute atomic E-state index is 11.5. The van der Waals surface area contributed by atoms with Crippen molar-refractivity contribution in [2.24, 2.45) is 5.84 Å². The van der Waals surface area contributed by atoms with E-state index in [0.717, 1.165) is 0 Å². The van der Waals surface area contributed by atoms with E-state index in [4.69, 9.17) is 34.3 Å². The van der Waals surface area contributed by atoms with Gasteiger partial charge in [-0.15, -0.1) is 0 Å². The minimum atomic E-state index is -0.771. The number of nitrogens with two attached hydrogens (primary N) is 1. The normalized spacial score (nSPS) is 24.9. The number of hydrogen-bond acceptors (Lipinski definition) is 8. The fourth-order valence-corrected chi connectivity index (χ4v) is 1.61. The van der Waals surface area contributed by atoms with Gasteiger partial charge in [0, 0.05) is 0 Å². The Hall–Kier alpha value is -0.810. The van der Waals surface area contributed by atoms with Gasteiger partial charge in [-0.3, -0.25) is 10.2 Å². The first kappa shape index (κ1) is 19.2. The molecule has 22 heavy (non-hydrogen) atoms. The highest BCUT2D eigenvalue weighted by Crippen LogP contribution is 1.95. The molecule has 0 radical (unpaired) electrons. The van der Waals surface area contributed by atoms with E-state index in [2.05, 4.69) is 5.43 Å². The Labute approximate surface area is 130 Å². The van der Waals surface area contributed by atoms with Crippen molar-refractivity contribution in [3.05, 3.63) is 0 Å². The number of carbonyl (C=O) groups is 1. The third kappa shape index (κ3) is 10.0. The molecule has 1 fully saturated rings. The number of hydrogen-bond donors (Lipinski definition) is 2. The van der Waals surface area contributed by atoms with Crippen molar-refractivity contribution in [2.45, 2.75) is 6.10 Å². The molecule has 9 nitrogen and oxygen atoms in total. The molecule has 0 aliphatic carbocycles. The second-order valence-electron chi connectivity index (χ2n) is 4.39. The minimum Gasteiger partial charge on any atom is -0.377 e. The predicted octanol–water partition coefficient (Wildman–Crippen LogP) is -1.54. The Balaban J connectivity index is 2.28. The van der Waals surface area contributed by atoms with Gasteiger partial charge < -0.3 is 28.4 Å². The zero-order valence-corrected chi connectivity index (χ0v) is 12.8. The molecule has 0 bridgehead atoms. The average Bonchev–Trinajstić information content (AvgIpc) is 2.54. The zero-order chi connectivity index (χ0) is 15.9. The fourth-order valence-electron chi connectivity index (χ4n) is 1.61. The van der Waals surface area contributed by atoms with E-state index >= 15 is 0 Å². The Kier molecular flexibility index (Phi) is 12.1. The number of rotatable bonds is 1. The Morgan fingerprint density at radius 2 is 1.14 bits per heavy atom. The molecule has 1 aliphatic heterocycles. The molecule has 0 aromatic heterocycles. The molecule has 0 saturated carbocycles. The summed E-state index contributed by atoms with van der Waals surface area (Å²) in [5.41, 5.74) is 2.05. The highest BCUT2D eigenvalue weighted by atomic mass is 16.6. The fraction of sp³-hybridized carbons (Fsp3) is 0.923. The quantitative estimate of drug-likeness (QED) is 0.339. The van der Waals surface area contributed by atoms with Crippen molar-refractivity contribution in [3.63, 3.8) is 0 Å². The molecule has 1 atom stereocenters. The van der Waals surface area contributed by atoms with Gasteiger partial charge in [-0.2, -0.15) is 0 Å². The van der Waals surface area contributed by atoms with Crippen LogP contribution in [0.15, 0.2) is 0 Å². The smallest absolute Gasteiger partial charge is 0.265 e. The molecule has 1 aliphatic rings. The van der Waals surface area contributed by atoms with Gasteiger partial charge in [0.05, 0.1) is 72.7 Å². The topological polar surface area (TPSA) is 111 Å². The predicted molar refractivity (Wildman–Crippen MR) is 76.2 cm³/mol. The molecule has 1 unspecified atom stereocenters. The lowest BCUT2D eigenvalue weighted by atomic mass is 10.3. The van der Waals surface area contributed by atoms with Crippen LogP contribution in [0.4, 0.5) is 0 Å². The summed E-state index contributed by atoms with van der Waals surface area (Å²) in [5.74, 6) is 4.68. The van der Waals surface area contributed by atoms with Gasteiger partial charge in [-0.25, -0.2) is 5.84 Å². The third-order valence-electron chi connectivity index (χ3n) is 2.74. The summed E-state index contributed by atoms with van der Waals surface area (Å²) < 4.78 is 32.0. The van der Waals surface area contributed by atoms with Crippen LogP contribution in [0.1, 0.15) is 0 Å². The van der Waals surface area contributed by atoms with Crippen molar-refractivity contribution in [1.29, 1.82) is 0 Å². The van der Waals surface area contributed by atoms with Crippen molar-refractivity contribution in [3.8, 4) is 0 Å². The summed E-state index contributed by atoms with van der Waals surface area (Å²) in [7, 11) is 0. The molecule has 1 amide bonds. The zero-order valence-electron chi connectivity index (χ0n) is 12.8. The Morgan fingerprint density at radius 3 is 1.59 bits per heavy atom. The van der Waals surface area contributed by atoms with E-state index in [1.807, 2.05) is 0 Å². The van der Waals surface area contributed by atoms with Crippen LogP contribution < -0.4 is 11.3 Å². The van der Waals surface area contributed by atoms with Gasteiger partial charge in [-0.05, 0) is 0 Å². The van der Waals surface area contributed by atoms with E-state index in [9.17, 15) is 4.79 Å². The van der Waals surface area contributed by atoms with Crippen LogP contribution in [0.2, 0.25) is 0 Å². The Morgan fingerprint density at radius 1 is 0.727 bits per heavy atom. The molecule has 0 aromatic carbocycles. The molecular formula is C13H26N2O7. The van der Waals surface area contributed by atoms with Gasteiger partial charge >= 0.3 is 0 Å². The van der Waals surface area contributed by atoms with Crippen molar-refractivity contribution in [2.75, 3.05) is 72.7 Å². The van der Waals surface area contributed by atoms with Gasteiger partial charge in [0.25, 0.3) is 5.91 Å². The van der Waals surface area contributed by atoms with Gasteiger partial charge in [0.1, 0.15) is 0 Å². The lowest BCUT2D eigenvalue weighted by Gasteiger charge is -2.17. The third-order valence-corrected chi connectivity index (χ3v) is 2.74. The maximum Gasteiger partial charge on any atom is 0.265 e. The van der Waals surface area contributed by atoms with E-state index in [1.54, 1.807) is 0 Å². The van der Waals surface area contributed by atoms with Crippen LogP contribution in [0.5, 0.6) is 0 Å². The summed E-state index contributed by atoms with van der Waals surface area (Å²) in [6, 6.07) is 0. The highest BCUT2D eigenvalue weighted by molar-refractivity contribution is 5.80.